The molecule has 2 aromatic carbocycles. The number of carbonyl (C=O) groups is 1. The van der Waals surface area contributed by atoms with Gasteiger partial charge >= 0.3 is 6.01 Å². The maximum atomic E-state index is 12.0. The number of aromatic nitrogens is 2. The van der Waals surface area contributed by atoms with E-state index in [0.29, 0.717) is 23.3 Å². The highest BCUT2D eigenvalue weighted by atomic mass is 32.2. The molecule has 146 valence electrons. The van der Waals surface area contributed by atoms with Gasteiger partial charge < -0.3 is 9.15 Å². The Labute approximate surface area is 168 Å². The van der Waals surface area contributed by atoms with E-state index in [1.54, 1.807) is 0 Å². The number of rotatable bonds is 8. The monoisotopic (exact) mass is 397 g/mol. The summed E-state index contributed by atoms with van der Waals surface area (Å²) >= 11 is 1.82. The SMILES string of the molecule is Cc1ccc(OCC(=O)Nc2nnc(Cc3ccc(SC(C)C)cc3)o2)cc1. The summed E-state index contributed by atoms with van der Waals surface area (Å²) in [5.41, 5.74) is 2.20. The van der Waals surface area contributed by atoms with Crippen molar-refractivity contribution >= 4 is 23.7 Å². The summed E-state index contributed by atoms with van der Waals surface area (Å²) in [6.45, 7) is 6.19. The van der Waals surface area contributed by atoms with Gasteiger partial charge in [0.05, 0.1) is 6.42 Å². The Morgan fingerprint density at radius 2 is 1.82 bits per heavy atom. The van der Waals surface area contributed by atoms with Gasteiger partial charge in [-0.25, -0.2) is 0 Å². The third-order valence-corrected chi connectivity index (χ3v) is 4.77. The molecule has 0 aliphatic rings. The molecule has 0 fully saturated rings. The molecule has 0 saturated carbocycles. The molecular formula is C21H23N3O3S. The van der Waals surface area contributed by atoms with Gasteiger partial charge in [0, 0.05) is 10.1 Å². The Morgan fingerprint density at radius 1 is 1.11 bits per heavy atom. The Morgan fingerprint density at radius 3 is 2.50 bits per heavy atom. The number of ether oxygens (including phenoxy) is 1. The van der Waals surface area contributed by atoms with Gasteiger partial charge in [0.2, 0.25) is 5.89 Å². The molecule has 1 N–H and O–H groups in total. The molecule has 0 aliphatic carbocycles. The minimum Gasteiger partial charge on any atom is -0.484 e. The first-order chi connectivity index (χ1) is 13.5. The first-order valence-corrected chi connectivity index (χ1v) is 9.93. The number of nitrogens with one attached hydrogen (secondary N) is 1. The second-order valence-electron chi connectivity index (χ2n) is 6.64. The van der Waals surface area contributed by atoms with Crippen LogP contribution in [0.1, 0.15) is 30.9 Å². The third-order valence-electron chi connectivity index (χ3n) is 3.75. The molecule has 3 rings (SSSR count). The molecule has 0 saturated heterocycles. The lowest BCUT2D eigenvalue weighted by molar-refractivity contribution is -0.118. The quantitative estimate of drug-likeness (QED) is 0.565. The summed E-state index contributed by atoms with van der Waals surface area (Å²) in [7, 11) is 0. The summed E-state index contributed by atoms with van der Waals surface area (Å²) < 4.78 is 10.9. The first-order valence-electron chi connectivity index (χ1n) is 9.05. The Kier molecular flexibility index (Phi) is 6.71. The molecule has 0 unspecified atom stereocenters. The number of hydrogen-bond acceptors (Lipinski definition) is 6. The molecule has 0 bridgehead atoms. The minimum atomic E-state index is -0.356. The Hall–Kier alpha value is -2.80. The van der Waals surface area contributed by atoms with Crippen molar-refractivity contribution in [2.45, 2.75) is 37.3 Å². The third kappa shape index (κ3) is 6.13. The summed E-state index contributed by atoms with van der Waals surface area (Å²) in [6, 6.07) is 15.8. The number of nitrogens with zero attached hydrogens (tertiary/aromatic N) is 2. The van der Waals surface area contributed by atoms with Gasteiger partial charge in [-0.2, -0.15) is 0 Å². The molecule has 6 nitrogen and oxygen atoms in total. The van der Waals surface area contributed by atoms with Gasteiger partial charge in [0.15, 0.2) is 6.61 Å². The number of amides is 1. The van der Waals surface area contributed by atoms with Gasteiger partial charge in [-0.1, -0.05) is 48.8 Å². The highest BCUT2D eigenvalue weighted by Crippen LogP contribution is 2.23. The van der Waals surface area contributed by atoms with E-state index < -0.39 is 0 Å². The van der Waals surface area contributed by atoms with Crippen LogP contribution in [0.2, 0.25) is 0 Å². The highest BCUT2D eigenvalue weighted by molar-refractivity contribution is 7.99. The molecule has 7 heteroatoms. The van der Waals surface area contributed by atoms with Gasteiger partial charge in [-0.05, 0) is 36.8 Å². The average molecular weight is 398 g/mol. The van der Waals surface area contributed by atoms with Crippen LogP contribution >= 0.6 is 11.8 Å². The topological polar surface area (TPSA) is 77.2 Å². The zero-order valence-electron chi connectivity index (χ0n) is 16.1. The molecule has 0 radical (unpaired) electrons. The second kappa shape index (κ2) is 9.41. The van der Waals surface area contributed by atoms with E-state index in [1.165, 1.54) is 4.90 Å². The lowest BCUT2D eigenvalue weighted by Crippen LogP contribution is -2.20. The number of aryl methyl sites for hydroxylation is 1. The number of anilines is 1. The molecule has 0 aliphatic heterocycles. The van der Waals surface area contributed by atoms with Crippen molar-refractivity contribution in [3.63, 3.8) is 0 Å². The van der Waals surface area contributed by atoms with Crippen LogP contribution in [0.15, 0.2) is 57.8 Å². The molecule has 28 heavy (non-hydrogen) atoms. The molecule has 1 heterocycles. The van der Waals surface area contributed by atoms with Gasteiger partial charge in [0.25, 0.3) is 5.91 Å². The van der Waals surface area contributed by atoms with E-state index in [2.05, 4.69) is 41.5 Å². The smallest absolute Gasteiger partial charge is 0.322 e. The van der Waals surface area contributed by atoms with E-state index in [0.717, 1.165) is 11.1 Å². The van der Waals surface area contributed by atoms with Crippen LogP contribution in [0.5, 0.6) is 5.75 Å². The van der Waals surface area contributed by atoms with Crippen LogP contribution in [0.4, 0.5) is 6.01 Å². The standard InChI is InChI=1S/C21H23N3O3S/c1-14(2)28-18-10-6-16(7-11-18)12-20-23-24-21(27-20)22-19(25)13-26-17-8-4-15(3)5-9-17/h4-11,14H,12-13H2,1-3H3,(H,22,24,25). The lowest BCUT2D eigenvalue weighted by atomic mass is 10.1. The Balaban J connectivity index is 1.49. The number of hydrogen-bond donors (Lipinski definition) is 1. The van der Waals surface area contributed by atoms with Crippen LogP contribution in [0.25, 0.3) is 0 Å². The maximum absolute atomic E-state index is 12.0. The fourth-order valence-electron chi connectivity index (χ4n) is 2.45. The van der Waals surface area contributed by atoms with Crippen molar-refractivity contribution in [1.82, 2.24) is 10.2 Å². The summed E-state index contributed by atoms with van der Waals surface area (Å²) in [5, 5.41) is 11.0. The second-order valence-corrected chi connectivity index (χ2v) is 8.29. The van der Waals surface area contributed by atoms with E-state index in [-0.39, 0.29) is 18.5 Å². The van der Waals surface area contributed by atoms with Crippen molar-refractivity contribution in [2.75, 3.05) is 11.9 Å². The zero-order valence-corrected chi connectivity index (χ0v) is 17.0. The van der Waals surface area contributed by atoms with Gasteiger partial charge in [-0.15, -0.1) is 16.9 Å². The highest BCUT2D eigenvalue weighted by Gasteiger charge is 2.11. The molecule has 1 aromatic heterocycles. The largest absolute Gasteiger partial charge is 0.484 e. The van der Waals surface area contributed by atoms with Crippen LogP contribution in [-0.4, -0.2) is 28.0 Å². The summed E-state index contributed by atoms with van der Waals surface area (Å²) in [4.78, 5) is 13.2. The van der Waals surface area contributed by atoms with Crippen molar-refractivity contribution < 1.29 is 13.9 Å². The average Bonchev–Trinajstić information content (AvgIpc) is 3.09. The van der Waals surface area contributed by atoms with E-state index >= 15 is 0 Å². The van der Waals surface area contributed by atoms with E-state index in [1.807, 2.05) is 55.1 Å². The number of benzene rings is 2. The summed E-state index contributed by atoms with van der Waals surface area (Å²) in [5.74, 6) is 0.718. The Bertz CT molecular complexity index is 905. The predicted molar refractivity (Wildman–Crippen MR) is 110 cm³/mol. The molecule has 1 amide bonds. The molecular weight excluding hydrogens is 374 g/mol. The fourth-order valence-corrected chi connectivity index (χ4v) is 3.28. The lowest BCUT2D eigenvalue weighted by Gasteiger charge is -2.05. The summed E-state index contributed by atoms with van der Waals surface area (Å²) in [6.07, 6.45) is 0.509. The van der Waals surface area contributed by atoms with Crippen molar-refractivity contribution in [3.05, 3.63) is 65.5 Å². The van der Waals surface area contributed by atoms with Crippen molar-refractivity contribution in [2.24, 2.45) is 0 Å². The number of carbonyl (C=O) groups excluding carboxylic acids is 1. The van der Waals surface area contributed by atoms with E-state index in [9.17, 15) is 4.79 Å². The molecule has 0 spiro atoms. The predicted octanol–water partition coefficient (Wildman–Crippen LogP) is 4.49. The van der Waals surface area contributed by atoms with Crippen molar-refractivity contribution in [3.8, 4) is 5.75 Å². The minimum absolute atomic E-state index is 0.0690. The molecule has 0 atom stereocenters. The van der Waals surface area contributed by atoms with Crippen LogP contribution in [0.3, 0.4) is 0 Å². The molecule has 3 aromatic rings. The van der Waals surface area contributed by atoms with Gasteiger partial charge in [0.1, 0.15) is 5.75 Å². The normalized spacial score (nSPS) is 10.9. The fraction of sp³-hybridized carbons (Fsp3) is 0.286. The van der Waals surface area contributed by atoms with Crippen LogP contribution in [-0.2, 0) is 11.2 Å². The van der Waals surface area contributed by atoms with E-state index in [4.69, 9.17) is 9.15 Å². The first kappa shape index (κ1) is 19.9. The zero-order chi connectivity index (χ0) is 19.9. The van der Waals surface area contributed by atoms with Crippen LogP contribution in [0, 0.1) is 6.92 Å². The maximum Gasteiger partial charge on any atom is 0.322 e. The number of thioether (sulfide) groups is 1. The van der Waals surface area contributed by atoms with Gasteiger partial charge in [-0.3, -0.25) is 10.1 Å². The van der Waals surface area contributed by atoms with Crippen LogP contribution < -0.4 is 10.1 Å². The van der Waals surface area contributed by atoms with Crippen molar-refractivity contribution in [1.29, 1.82) is 0 Å².